The van der Waals surface area contributed by atoms with E-state index in [1.54, 1.807) is 7.11 Å². The second-order valence-electron chi connectivity index (χ2n) is 4.28. The second-order valence-corrected chi connectivity index (χ2v) is 4.28. The molecule has 1 aliphatic rings. The van der Waals surface area contributed by atoms with Crippen LogP contribution in [0.2, 0.25) is 0 Å². The first-order valence-electron chi connectivity index (χ1n) is 5.68. The van der Waals surface area contributed by atoms with Crippen LogP contribution in [0.15, 0.2) is 12.3 Å². The predicted octanol–water partition coefficient (Wildman–Crippen LogP) is 1.07. The molecule has 1 aromatic rings. The number of methoxy groups -OCH3 is 1. The Hall–Kier alpha value is -1.13. The molecule has 0 amide bonds. The van der Waals surface area contributed by atoms with Gasteiger partial charge in [0.05, 0.1) is 6.10 Å². The fourth-order valence-electron chi connectivity index (χ4n) is 2.18. The molecule has 0 spiro atoms. The second kappa shape index (κ2) is 4.80. The summed E-state index contributed by atoms with van der Waals surface area (Å²) in [7, 11) is 1.77. The Morgan fingerprint density at radius 1 is 1.62 bits per heavy atom. The summed E-state index contributed by atoms with van der Waals surface area (Å²) in [6, 6.07) is 2.11. The maximum Gasteiger partial charge on any atom is 0.131 e. The quantitative estimate of drug-likeness (QED) is 0.829. The van der Waals surface area contributed by atoms with Crippen LogP contribution in [0.25, 0.3) is 0 Å². The summed E-state index contributed by atoms with van der Waals surface area (Å²) in [6.45, 7) is 4.59. The van der Waals surface area contributed by atoms with Crippen molar-refractivity contribution in [1.29, 1.82) is 0 Å². The van der Waals surface area contributed by atoms with E-state index in [1.807, 2.05) is 6.20 Å². The maximum atomic E-state index is 5.59. The fraction of sp³-hybridized carbons (Fsp3) is 0.583. The molecule has 1 aliphatic heterocycles. The van der Waals surface area contributed by atoms with Gasteiger partial charge < -0.3 is 15.4 Å². The number of aromatic nitrogens is 1. The molecule has 1 atom stereocenters. The van der Waals surface area contributed by atoms with Gasteiger partial charge in [-0.05, 0) is 30.5 Å². The van der Waals surface area contributed by atoms with E-state index >= 15 is 0 Å². The van der Waals surface area contributed by atoms with Gasteiger partial charge >= 0.3 is 0 Å². The predicted molar refractivity (Wildman–Crippen MR) is 64.5 cm³/mol. The highest BCUT2D eigenvalue weighted by atomic mass is 16.5. The van der Waals surface area contributed by atoms with E-state index in [1.165, 1.54) is 5.56 Å². The zero-order valence-electron chi connectivity index (χ0n) is 9.94. The van der Waals surface area contributed by atoms with Crippen molar-refractivity contribution in [3.05, 3.63) is 23.4 Å². The van der Waals surface area contributed by atoms with Crippen LogP contribution in [0.3, 0.4) is 0 Å². The van der Waals surface area contributed by atoms with Crippen molar-refractivity contribution in [3.8, 4) is 0 Å². The van der Waals surface area contributed by atoms with E-state index in [0.29, 0.717) is 12.6 Å². The first-order chi connectivity index (χ1) is 7.74. The SMILES string of the molecule is COC1CCN(c2ncc(CN)cc2C)C1. The molecule has 2 rings (SSSR count). The van der Waals surface area contributed by atoms with Crippen molar-refractivity contribution in [2.45, 2.75) is 26.0 Å². The van der Waals surface area contributed by atoms with Gasteiger partial charge in [-0.1, -0.05) is 0 Å². The van der Waals surface area contributed by atoms with Crippen LogP contribution in [0, 0.1) is 6.92 Å². The lowest BCUT2D eigenvalue weighted by Gasteiger charge is -2.19. The molecule has 88 valence electrons. The highest BCUT2D eigenvalue weighted by Gasteiger charge is 2.23. The normalized spacial score (nSPS) is 20.4. The van der Waals surface area contributed by atoms with Gasteiger partial charge in [0.25, 0.3) is 0 Å². The summed E-state index contributed by atoms with van der Waals surface area (Å²) in [4.78, 5) is 6.77. The van der Waals surface area contributed by atoms with Crippen molar-refractivity contribution >= 4 is 5.82 Å². The fourth-order valence-corrected chi connectivity index (χ4v) is 2.18. The van der Waals surface area contributed by atoms with Crippen molar-refractivity contribution in [2.75, 3.05) is 25.1 Å². The Labute approximate surface area is 96.4 Å². The number of nitrogens with zero attached hydrogens (tertiary/aromatic N) is 2. The van der Waals surface area contributed by atoms with Gasteiger partial charge in [0, 0.05) is 32.9 Å². The highest BCUT2D eigenvalue weighted by molar-refractivity contribution is 5.48. The number of rotatable bonds is 3. The molecule has 4 nitrogen and oxygen atoms in total. The topological polar surface area (TPSA) is 51.4 Å². The average Bonchev–Trinajstić information content (AvgIpc) is 2.77. The third-order valence-electron chi connectivity index (χ3n) is 3.12. The number of hydrogen-bond acceptors (Lipinski definition) is 4. The summed E-state index contributed by atoms with van der Waals surface area (Å²) < 4.78 is 5.36. The largest absolute Gasteiger partial charge is 0.380 e. The van der Waals surface area contributed by atoms with Crippen LogP contribution < -0.4 is 10.6 Å². The van der Waals surface area contributed by atoms with Crippen molar-refractivity contribution in [3.63, 3.8) is 0 Å². The molecule has 0 bridgehead atoms. The highest BCUT2D eigenvalue weighted by Crippen LogP contribution is 2.23. The van der Waals surface area contributed by atoms with E-state index < -0.39 is 0 Å². The zero-order valence-corrected chi connectivity index (χ0v) is 9.94. The van der Waals surface area contributed by atoms with Gasteiger partial charge in [0.2, 0.25) is 0 Å². The summed E-state index contributed by atoms with van der Waals surface area (Å²) >= 11 is 0. The molecule has 1 fully saturated rings. The van der Waals surface area contributed by atoms with Gasteiger partial charge in [-0.3, -0.25) is 0 Å². The minimum absolute atomic E-state index is 0.343. The Bertz CT molecular complexity index is 367. The van der Waals surface area contributed by atoms with E-state index in [2.05, 4.69) is 22.9 Å². The molecule has 4 heteroatoms. The molecule has 0 radical (unpaired) electrons. The minimum atomic E-state index is 0.343. The monoisotopic (exact) mass is 221 g/mol. The molecule has 1 saturated heterocycles. The van der Waals surface area contributed by atoms with Crippen molar-refractivity contribution in [1.82, 2.24) is 4.98 Å². The number of nitrogens with two attached hydrogens (primary N) is 1. The maximum absolute atomic E-state index is 5.59. The van der Waals surface area contributed by atoms with Crippen LogP contribution >= 0.6 is 0 Å². The lowest BCUT2D eigenvalue weighted by molar-refractivity contribution is 0.121. The van der Waals surface area contributed by atoms with Crippen LogP contribution in [-0.4, -0.2) is 31.3 Å². The summed E-state index contributed by atoms with van der Waals surface area (Å²) in [5.74, 6) is 1.07. The molecule has 0 aromatic carbocycles. The smallest absolute Gasteiger partial charge is 0.131 e. The van der Waals surface area contributed by atoms with Crippen molar-refractivity contribution < 1.29 is 4.74 Å². The molecule has 0 aliphatic carbocycles. The molecule has 2 N–H and O–H groups in total. The number of pyridine rings is 1. The zero-order chi connectivity index (χ0) is 11.5. The lowest BCUT2D eigenvalue weighted by Crippen LogP contribution is -2.24. The average molecular weight is 221 g/mol. The van der Waals surface area contributed by atoms with E-state index in [0.717, 1.165) is 30.9 Å². The van der Waals surface area contributed by atoms with Crippen LogP contribution in [0.4, 0.5) is 5.82 Å². The van der Waals surface area contributed by atoms with Crippen molar-refractivity contribution in [2.24, 2.45) is 5.73 Å². The Balaban J connectivity index is 2.15. The molecule has 0 saturated carbocycles. The minimum Gasteiger partial charge on any atom is -0.380 e. The molecule has 1 unspecified atom stereocenters. The summed E-state index contributed by atoms with van der Waals surface area (Å²) in [6.07, 6.45) is 3.29. The van der Waals surface area contributed by atoms with Gasteiger partial charge in [0.15, 0.2) is 0 Å². The first kappa shape index (κ1) is 11.4. The Morgan fingerprint density at radius 3 is 3.00 bits per heavy atom. The third-order valence-corrected chi connectivity index (χ3v) is 3.12. The van der Waals surface area contributed by atoms with E-state index in [4.69, 9.17) is 10.5 Å². The number of ether oxygens (including phenoxy) is 1. The van der Waals surface area contributed by atoms with Crippen LogP contribution in [0.5, 0.6) is 0 Å². The standard InChI is InChI=1S/C12H19N3O/c1-9-5-10(6-13)7-14-12(9)15-4-3-11(8-15)16-2/h5,7,11H,3-4,6,8,13H2,1-2H3. The summed E-state index contributed by atoms with van der Waals surface area (Å²) in [5.41, 5.74) is 7.87. The van der Waals surface area contributed by atoms with E-state index in [9.17, 15) is 0 Å². The first-order valence-corrected chi connectivity index (χ1v) is 5.68. The van der Waals surface area contributed by atoms with Gasteiger partial charge in [-0.25, -0.2) is 4.98 Å². The molecule has 2 heterocycles. The van der Waals surface area contributed by atoms with Crippen LogP contribution in [-0.2, 0) is 11.3 Å². The number of hydrogen-bond donors (Lipinski definition) is 1. The Morgan fingerprint density at radius 2 is 2.44 bits per heavy atom. The molecule has 1 aromatic heterocycles. The van der Waals surface area contributed by atoms with E-state index in [-0.39, 0.29) is 0 Å². The van der Waals surface area contributed by atoms with Crippen LogP contribution in [0.1, 0.15) is 17.5 Å². The van der Waals surface area contributed by atoms with Gasteiger partial charge in [-0.2, -0.15) is 0 Å². The number of aryl methyl sites for hydroxylation is 1. The Kier molecular flexibility index (Phi) is 3.41. The summed E-state index contributed by atoms with van der Waals surface area (Å²) in [5, 5.41) is 0. The molecule has 16 heavy (non-hydrogen) atoms. The van der Waals surface area contributed by atoms with Gasteiger partial charge in [0.1, 0.15) is 5.82 Å². The van der Waals surface area contributed by atoms with Gasteiger partial charge in [-0.15, -0.1) is 0 Å². The third kappa shape index (κ3) is 2.18. The molecular formula is C12H19N3O. The number of anilines is 1. The lowest BCUT2D eigenvalue weighted by atomic mass is 10.2. The molecular weight excluding hydrogens is 202 g/mol.